The maximum absolute atomic E-state index is 11.9. The van der Waals surface area contributed by atoms with E-state index in [4.69, 9.17) is 9.47 Å². The van der Waals surface area contributed by atoms with Crippen molar-refractivity contribution in [3.63, 3.8) is 0 Å². The maximum Gasteiger partial charge on any atom is 0.334 e. The molecule has 0 aromatic heterocycles. The molecule has 20 heavy (non-hydrogen) atoms. The highest BCUT2D eigenvalue weighted by molar-refractivity contribution is 5.91. The summed E-state index contributed by atoms with van der Waals surface area (Å²) in [7, 11) is 0. The maximum atomic E-state index is 11.9. The Morgan fingerprint density at radius 1 is 1.55 bits per heavy atom. The quantitative estimate of drug-likeness (QED) is 0.584. The molecule has 0 amide bonds. The monoisotopic (exact) mass is 276 g/mol. The molecule has 3 atom stereocenters. The molecule has 0 radical (unpaired) electrons. The van der Waals surface area contributed by atoms with Gasteiger partial charge in [0.15, 0.2) is 0 Å². The Hall–Kier alpha value is -1.35. The summed E-state index contributed by atoms with van der Waals surface area (Å²) in [6.45, 7) is 10.9. The van der Waals surface area contributed by atoms with E-state index in [-0.39, 0.29) is 24.1 Å². The Morgan fingerprint density at radius 2 is 2.30 bits per heavy atom. The van der Waals surface area contributed by atoms with Crippen LogP contribution in [-0.2, 0) is 14.3 Å². The lowest BCUT2D eigenvalue weighted by atomic mass is 9.86. The van der Waals surface area contributed by atoms with Crippen molar-refractivity contribution < 1.29 is 14.3 Å². The van der Waals surface area contributed by atoms with Crippen molar-refractivity contribution >= 4 is 5.97 Å². The zero-order chi connectivity index (χ0) is 14.7. The highest BCUT2D eigenvalue weighted by Gasteiger charge is 2.34. The van der Waals surface area contributed by atoms with Gasteiger partial charge in [0.05, 0.1) is 6.10 Å². The summed E-state index contributed by atoms with van der Waals surface area (Å²) in [5, 5.41) is 0. The van der Waals surface area contributed by atoms with Crippen molar-refractivity contribution in [3.8, 4) is 0 Å². The summed E-state index contributed by atoms with van der Waals surface area (Å²) >= 11 is 0. The van der Waals surface area contributed by atoms with E-state index in [1.54, 1.807) is 0 Å². The van der Waals surface area contributed by atoms with Gasteiger partial charge < -0.3 is 9.47 Å². The largest absolute Gasteiger partial charge is 0.454 e. The minimum Gasteiger partial charge on any atom is -0.454 e. The molecular formula is C17H24O3. The summed E-state index contributed by atoms with van der Waals surface area (Å²) in [4.78, 5) is 11.9. The molecule has 0 aromatic rings. The van der Waals surface area contributed by atoms with Crippen LogP contribution in [-0.4, -0.2) is 24.8 Å². The first-order chi connectivity index (χ1) is 9.52. The van der Waals surface area contributed by atoms with Crippen LogP contribution in [0.2, 0.25) is 0 Å². The molecule has 3 heteroatoms. The summed E-state index contributed by atoms with van der Waals surface area (Å²) < 4.78 is 11.4. The van der Waals surface area contributed by atoms with Crippen LogP contribution in [0.3, 0.4) is 0 Å². The number of carbonyl (C=O) groups is 1. The standard InChI is InChI=1S/C17H24O3/c1-5-19-15-10-14(11(2)3)16-9-13(17(18)20-16)8-6-7-12(15)4/h7,9,14-16H,2,5-6,8,10H2,1,3-4H3/b12-7+/t14-,15+,16-/m0/s1. The fourth-order valence-corrected chi connectivity index (χ4v) is 2.90. The molecule has 2 rings (SSSR count). The molecule has 1 aliphatic heterocycles. The van der Waals surface area contributed by atoms with Crippen LogP contribution in [0.15, 0.2) is 35.5 Å². The predicted octanol–water partition coefficient (Wildman–Crippen LogP) is 3.57. The van der Waals surface area contributed by atoms with Crippen LogP contribution < -0.4 is 0 Å². The summed E-state index contributed by atoms with van der Waals surface area (Å²) in [5.74, 6) is -0.0448. The van der Waals surface area contributed by atoms with Gasteiger partial charge in [0, 0.05) is 18.1 Å². The average Bonchev–Trinajstić information content (AvgIpc) is 2.74. The van der Waals surface area contributed by atoms with Crippen LogP contribution in [0.4, 0.5) is 0 Å². The van der Waals surface area contributed by atoms with E-state index in [0.29, 0.717) is 6.61 Å². The fourth-order valence-electron chi connectivity index (χ4n) is 2.90. The van der Waals surface area contributed by atoms with E-state index >= 15 is 0 Å². The Morgan fingerprint density at radius 3 is 2.95 bits per heavy atom. The third-order valence-corrected chi connectivity index (χ3v) is 4.12. The van der Waals surface area contributed by atoms with Crippen molar-refractivity contribution in [3.05, 3.63) is 35.5 Å². The molecule has 0 fully saturated rings. The van der Waals surface area contributed by atoms with Gasteiger partial charge in [0.1, 0.15) is 6.10 Å². The van der Waals surface area contributed by atoms with Crippen molar-refractivity contribution in [1.82, 2.24) is 0 Å². The lowest BCUT2D eigenvalue weighted by Crippen LogP contribution is -2.28. The second kappa shape index (κ2) is 6.40. The Kier molecular flexibility index (Phi) is 4.81. The van der Waals surface area contributed by atoms with Gasteiger partial charge in [-0.1, -0.05) is 18.2 Å². The zero-order valence-corrected chi connectivity index (χ0v) is 12.6. The molecule has 110 valence electrons. The molecule has 2 aliphatic rings. The SMILES string of the molecule is C=C(C)[C@@H]1C[C@@H](OCC)/C(C)=C/CCC2=C[C@@H]1OC2=O. The minimum atomic E-state index is -0.177. The van der Waals surface area contributed by atoms with Gasteiger partial charge in [-0.3, -0.25) is 0 Å². The molecule has 0 spiro atoms. The number of hydrogen-bond donors (Lipinski definition) is 0. The van der Waals surface area contributed by atoms with Crippen molar-refractivity contribution in [2.24, 2.45) is 5.92 Å². The number of ether oxygens (including phenoxy) is 2. The zero-order valence-electron chi connectivity index (χ0n) is 12.6. The number of allylic oxidation sites excluding steroid dienone is 1. The summed E-state index contributed by atoms with van der Waals surface area (Å²) in [5.41, 5.74) is 3.09. The van der Waals surface area contributed by atoms with E-state index < -0.39 is 0 Å². The van der Waals surface area contributed by atoms with Crippen LogP contribution in [0.25, 0.3) is 0 Å². The van der Waals surface area contributed by atoms with Crippen molar-refractivity contribution in [2.75, 3.05) is 6.61 Å². The van der Waals surface area contributed by atoms with E-state index in [1.165, 1.54) is 5.57 Å². The van der Waals surface area contributed by atoms with E-state index in [0.717, 1.165) is 30.4 Å². The molecule has 0 N–H and O–H groups in total. The molecule has 0 aromatic carbocycles. The average molecular weight is 276 g/mol. The Labute approximate surface area is 121 Å². The first-order valence-electron chi connectivity index (χ1n) is 7.38. The Balaban J connectivity index is 2.29. The minimum absolute atomic E-state index is 0.0796. The van der Waals surface area contributed by atoms with E-state index in [1.807, 2.05) is 19.9 Å². The van der Waals surface area contributed by atoms with Gasteiger partial charge in [-0.05, 0) is 51.7 Å². The molecular weight excluding hydrogens is 252 g/mol. The van der Waals surface area contributed by atoms with Gasteiger partial charge in [0.25, 0.3) is 0 Å². The normalized spacial score (nSPS) is 33.0. The van der Waals surface area contributed by atoms with E-state index in [2.05, 4.69) is 19.6 Å². The third-order valence-electron chi connectivity index (χ3n) is 4.12. The molecule has 1 aliphatic carbocycles. The van der Waals surface area contributed by atoms with Gasteiger partial charge in [-0.15, -0.1) is 0 Å². The van der Waals surface area contributed by atoms with Gasteiger partial charge in [-0.25, -0.2) is 4.79 Å². The number of rotatable bonds is 3. The van der Waals surface area contributed by atoms with Crippen LogP contribution in [0.1, 0.15) is 40.0 Å². The molecule has 3 nitrogen and oxygen atoms in total. The summed E-state index contributed by atoms with van der Waals surface area (Å²) in [6, 6.07) is 0. The van der Waals surface area contributed by atoms with Crippen LogP contribution in [0.5, 0.6) is 0 Å². The Bertz CT molecular complexity index is 459. The first-order valence-corrected chi connectivity index (χ1v) is 7.38. The summed E-state index contributed by atoms with van der Waals surface area (Å²) in [6.07, 6.45) is 6.49. The highest BCUT2D eigenvalue weighted by Crippen LogP contribution is 2.33. The second-order valence-electron chi connectivity index (χ2n) is 5.68. The number of carbonyl (C=O) groups excluding carboxylic acids is 1. The number of hydrogen-bond acceptors (Lipinski definition) is 3. The smallest absolute Gasteiger partial charge is 0.334 e. The molecule has 0 unspecified atom stereocenters. The molecule has 0 saturated heterocycles. The van der Waals surface area contributed by atoms with Gasteiger partial charge in [0.2, 0.25) is 0 Å². The highest BCUT2D eigenvalue weighted by atomic mass is 16.5. The molecule has 1 heterocycles. The fraction of sp³-hybridized carbons (Fsp3) is 0.588. The van der Waals surface area contributed by atoms with Crippen molar-refractivity contribution in [2.45, 2.75) is 52.2 Å². The lowest BCUT2D eigenvalue weighted by Gasteiger charge is -2.27. The van der Waals surface area contributed by atoms with Crippen LogP contribution >= 0.6 is 0 Å². The molecule has 2 bridgehead atoms. The number of fused-ring (bicyclic) bond motifs is 1. The van der Waals surface area contributed by atoms with Gasteiger partial charge in [-0.2, -0.15) is 0 Å². The lowest BCUT2D eigenvalue weighted by molar-refractivity contribution is -0.141. The first kappa shape index (κ1) is 15.0. The van der Waals surface area contributed by atoms with Gasteiger partial charge >= 0.3 is 5.97 Å². The van der Waals surface area contributed by atoms with Crippen molar-refractivity contribution in [1.29, 1.82) is 0 Å². The van der Waals surface area contributed by atoms with Crippen LogP contribution in [0, 0.1) is 5.92 Å². The predicted molar refractivity (Wildman–Crippen MR) is 79.3 cm³/mol. The molecule has 0 saturated carbocycles. The third kappa shape index (κ3) is 3.21. The second-order valence-corrected chi connectivity index (χ2v) is 5.68. The van der Waals surface area contributed by atoms with E-state index in [9.17, 15) is 4.79 Å². The number of esters is 1. The topological polar surface area (TPSA) is 35.5 Å².